The minimum Gasteiger partial charge on any atom is -0.360 e. The summed E-state index contributed by atoms with van der Waals surface area (Å²) in [5, 5.41) is 7.77. The topological polar surface area (TPSA) is 27.1 Å². The van der Waals surface area contributed by atoms with E-state index in [2.05, 4.69) is 31.9 Å². The molecule has 0 amide bonds. The third-order valence-electron chi connectivity index (χ3n) is 2.00. The summed E-state index contributed by atoms with van der Waals surface area (Å²) in [6.07, 6.45) is 2.10. The van der Waals surface area contributed by atoms with Crippen LogP contribution in [-0.4, -0.2) is 35.8 Å². The molecule has 0 radical (unpaired) electrons. The maximum absolute atomic E-state index is 7.77. The maximum atomic E-state index is 7.77. The molecule has 0 aliphatic rings. The highest BCUT2D eigenvalue weighted by Gasteiger charge is 2.13. The number of rotatable bonds is 4. The Labute approximate surface area is 80.2 Å². The maximum Gasteiger partial charge on any atom is 0.0983 e. The summed E-state index contributed by atoms with van der Waals surface area (Å²) in [7, 11) is 2.00. The second kappa shape index (κ2) is 5.46. The third-order valence-corrected chi connectivity index (χ3v) is 2.81. The zero-order chi connectivity index (χ0) is 9.72. The van der Waals surface area contributed by atoms with Crippen molar-refractivity contribution in [3.05, 3.63) is 0 Å². The zero-order valence-electron chi connectivity index (χ0n) is 8.72. The van der Waals surface area contributed by atoms with Crippen molar-refractivity contribution in [2.24, 2.45) is 5.92 Å². The van der Waals surface area contributed by atoms with Crippen molar-refractivity contribution >= 4 is 17.6 Å². The Bertz CT molecular complexity index is 145. The SMILES string of the molecule is CSCC(C)N(C)C(=N)C(C)C. The van der Waals surface area contributed by atoms with Gasteiger partial charge in [0.15, 0.2) is 0 Å². The van der Waals surface area contributed by atoms with E-state index in [1.807, 2.05) is 18.8 Å². The molecule has 1 unspecified atom stereocenters. The summed E-state index contributed by atoms with van der Waals surface area (Å²) in [5.41, 5.74) is 0. The van der Waals surface area contributed by atoms with Gasteiger partial charge in [-0.05, 0) is 13.2 Å². The molecular formula is C9H20N2S. The minimum absolute atomic E-state index is 0.333. The summed E-state index contributed by atoms with van der Waals surface area (Å²) in [6.45, 7) is 6.28. The van der Waals surface area contributed by atoms with Crippen LogP contribution in [-0.2, 0) is 0 Å². The van der Waals surface area contributed by atoms with Crippen LogP contribution < -0.4 is 0 Å². The fourth-order valence-electron chi connectivity index (χ4n) is 0.998. The van der Waals surface area contributed by atoms with Crippen LogP contribution in [0.5, 0.6) is 0 Å². The molecule has 0 rings (SSSR count). The van der Waals surface area contributed by atoms with Crippen molar-refractivity contribution in [3.8, 4) is 0 Å². The van der Waals surface area contributed by atoms with Gasteiger partial charge < -0.3 is 4.90 Å². The van der Waals surface area contributed by atoms with Crippen LogP contribution >= 0.6 is 11.8 Å². The number of thioether (sulfide) groups is 1. The van der Waals surface area contributed by atoms with E-state index in [1.165, 1.54) is 0 Å². The van der Waals surface area contributed by atoms with Crippen LogP contribution in [0, 0.1) is 11.3 Å². The Balaban J connectivity index is 4.00. The molecule has 12 heavy (non-hydrogen) atoms. The van der Waals surface area contributed by atoms with Crippen molar-refractivity contribution in [1.29, 1.82) is 5.41 Å². The van der Waals surface area contributed by atoms with Crippen molar-refractivity contribution in [2.75, 3.05) is 19.1 Å². The van der Waals surface area contributed by atoms with Gasteiger partial charge >= 0.3 is 0 Å². The van der Waals surface area contributed by atoms with Gasteiger partial charge in [-0.1, -0.05) is 13.8 Å². The Morgan fingerprint density at radius 1 is 1.42 bits per heavy atom. The van der Waals surface area contributed by atoms with Crippen LogP contribution in [0.4, 0.5) is 0 Å². The average Bonchev–Trinajstić information content (AvgIpc) is 2.02. The molecule has 2 nitrogen and oxygen atoms in total. The summed E-state index contributed by atoms with van der Waals surface area (Å²) in [5.74, 6) is 2.15. The van der Waals surface area contributed by atoms with E-state index in [-0.39, 0.29) is 0 Å². The molecule has 0 aromatic rings. The predicted molar refractivity (Wildman–Crippen MR) is 58.2 cm³/mol. The van der Waals surface area contributed by atoms with Crippen molar-refractivity contribution in [1.82, 2.24) is 4.90 Å². The van der Waals surface area contributed by atoms with Crippen molar-refractivity contribution in [3.63, 3.8) is 0 Å². The molecule has 0 heterocycles. The first-order valence-corrected chi connectivity index (χ1v) is 5.70. The number of nitrogens with one attached hydrogen (secondary N) is 1. The lowest BCUT2D eigenvalue weighted by molar-refractivity contribution is 0.401. The fraction of sp³-hybridized carbons (Fsp3) is 0.889. The van der Waals surface area contributed by atoms with Crippen LogP contribution in [0.1, 0.15) is 20.8 Å². The van der Waals surface area contributed by atoms with Gasteiger partial charge in [-0.15, -0.1) is 0 Å². The molecule has 3 heteroatoms. The molecule has 0 spiro atoms. The molecule has 72 valence electrons. The van der Waals surface area contributed by atoms with Crippen molar-refractivity contribution in [2.45, 2.75) is 26.8 Å². The third kappa shape index (κ3) is 3.48. The lowest BCUT2D eigenvalue weighted by atomic mass is 10.1. The zero-order valence-corrected chi connectivity index (χ0v) is 9.53. The first-order valence-electron chi connectivity index (χ1n) is 4.30. The van der Waals surface area contributed by atoms with Crippen LogP contribution in [0.3, 0.4) is 0 Å². The molecule has 0 aliphatic heterocycles. The molecule has 0 saturated heterocycles. The van der Waals surface area contributed by atoms with E-state index in [4.69, 9.17) is 5.41 Å². The van der Waals surface area contributed by atoms with Gasteiger partial charge in [0.25, 0.3) is 0 Å². The molecule has 0 aliphatic carbocycles. The van der Waals surface area contributed by atoms with Gasteiger partial charge in [-0.3, -0.25) is 5.41 Å². The summed E-state index contributed by atoms with van der Waals surface area (Å²) in [6, 6.07) is 0.467. The Hall–Kier alpha value is -0.180. The smallest absolute Gasteiger partial charge is 0.0983 e. The Morgan fingerprint density at radius 3 is 2.25 bits per heavy atom. The van der Waals surface area contributed by atoms with Gasteiger partial charge in [0.2, 0.25) is 0 Å². The fourth-order valence-corrected chi connectivity index (χ4v) is 1.70. The number of amidine groups is 1. The quantitative estimate of drug-likeness (QED) is 0.541. The van der Waals surface area contributed by atoms with Crippen molar-refractivity contribution < 1.29 is 0 Å². The second-order valence-electron chi connectivity index (χ2n) is 3.46. The molecule has 0 aromatic carbocycles. The number of nitrogens with zero attached hydrogens (tertiary/aromatic N) is 1. The van der Waals surface area contributed by atoms with E-state index in [0.29, 0.717) is 12.0 Å². The van der Waals surface area contributed by atoms with E-state index in [0.717, 1.165) is 11.6 Å². The molecule has 0 saturated carbocycles. The normalized spacial score (nSPS) is 13.2. The highest BCUT2D eigenvalue weighted by molar-refractivity contribution is 7.98. The second-order valence-corrected chi connectivity index (χ2v) is 4.37. The van der Waals surface area contributed by atoms with E-state index >= 15 is 0 Å². The molecular weight excluding hydrogens is 168 g/mol. The van der Waals surface area contributed by atoms with Crippen LogP contribution in [0.2, 0.25) is 0 Å². The Morgan fingerprint density at radius 2 is 1.92 bits per heavy atom. The van der Waals surface area contributed by atoms with E-state index < -0.39 is 0 Å². The molecule has 0 fully saturated rings. The van der Waals surface area contributed by atoms with E-state index in [1.54, 1.807) is 0 Å². The summed E-state index contributed by atoms with van der Waals surface area (Å²) >= 11 is 1.83. The summed E-state index contributed by atoms with van der Waals surface area (Å²) in [4.78, 5) is 2.06. The van der Waals surface area contributed by atoms with Crippen LogP contribution in [0.15, 0.2) is 0 Å². The van der Waals surface area contributed by atoms with Gasteiger partial charge in [0.05, 0.1) is 5.84 Å². The van der Waals surface area contributed by atoms with Gasteiger partial charge in [-0.25, -0.2) is 0 Å². The van der Waals surface area contributed by atoms with Gasteiger partial charge in [0, 0.05) is 24.8 Å². The van der Waals surface area contributed by atoms with Gasteiger partial charge in [0.1, 0.15) is 0 Å². The number of hydrogen-bond donors (Lipinski definition) is 1. The van der Waals surface area contributed by atoms with Crippen LogP contribution in [0.25, 0.3) is 0 Å². The Kier molecular flexibility index (Phi) is 5.38. The minimum atomic E-state index is 0.333. The summed E-state index contributed by atoms with van der Waals surface area (Å²) < 4.78 is 0. The molecule has 1 N–H and O–H groups in total. The van der Waals surface area contributed by atoms with E-state index in [9.17, 15) is 0 Å². The highest BCUT2D eigenvalue weighted by Crippen LogP contribution is 2.07. The first kappa shape index (κ1) is 11.8. The average molecular weight is 188 g/mol. The molecule has 0 bridgehead atoms. The predicted octanol–water partition coefficient (Wildman–Crippen LogP) is 2.30. The highest BCUT2D eigenvalue weighted by atomic mass is 32.2. The first-order chi connectivity index (χ1) is 5.50. The van der Waals surface area contributed by atoms with Gasteiger partial charge in [-0.2, -0.15) is 11.8 Å². The lowest BCUT2D eigenvalue weighted by Crippen LogP contribution is -2.38. The molecule has 0 aromatic heterocycles. The monoisotopic (exact) mass is 188 g/mol. The molecule has 1 atom stereocenters. The lowest BCUT2D eigenvalue weighted by Gasteiger charge is -2.28. The number of hydrogen-bond acceptors (Lipinski definition) is 2. The standard InChI is InChI=1S/C9H20N2S/c1-7(2)9(10)11(4)8(3)6-12-5/h7-8,10H,6H2,1-5H3. The largest absolute Gasteiger partial charge is 0.360 e.